The molecule has 0 fully saturated rings. The van der Waals surface area contributed by atoms with E-state index in [1.165, 1.54) is 11.7 Å². The van der Waals surface area contributed by atoms with Crippen LogP contribution in [0.5, 0.6) is 5.75 Å². The van der Waals surface area contributed by atoms with E-state index in [2.05, 4.69) is 4.90 Å². The molecule has 1 heterocycles. The minimum atomic E-state index is -0.336. The van der Waals surface area contributed by atoms with Crippen LogP contribution in [0.1, 0.15) is 12.5 Å². The quantitative estimate of drug-likeness (QED) is 0.834. The molecular weight excluding hydrogens is 256 g/mol. The van der Waals surface area contributed by atoms with E-state index >= 15 is 0 Å². The Balaban J connectivity index is 2.45. The second-order valence-electron chi connectivity index (χ2n) is 5.00. The van der Waals surface area contributed by atoms with Crippen molar-refractivity contribution in [3.8, 4) is 5.75 Å². The monoisotopic (exact) mass is 276 g/mol. The normalized spacial score (nSPS) is 11.1. The highest BCUT2D eigenvalue weighted by atomic mass is 16.7. The molecule has 2 rings (SSSR count). The van der Waals surface area contributed by atoms with Gasteiger partial charge in [0.2, 0.25) is 0 Å². The molecule has 0 aliphatic rings. The molecule has 0 amide bonds. The molecule has 0 unspecified atom stereocenters. The number of nitrogens with zero attached hydrogens (tertiary/aromatic N) is 2. The largest absolute Gasteiger partial charge is 0.497 e. The molecule has 1 aromatic carbocycles. The Morgan fingerprint density at radius 1 is 1.35 bits per heavy atom. The van der Waals surface area contributed by atoms with Gasteiger partial charge < -0.3 is 14.5 Å². The Bertz CT molecular complexity index is 617. The van der Waals surface area contributed by atoms with Crippen molar-refractivity contribution in [1.29, 1.82) is 0 Å². The molecule has 0 aliphatic heterocycles. The maximum atomic E-state index is 11.2. The first kappa shape index (κ1) is 14.4. The zero-order valence-corrected chi connectivity index (χ0v) is 12.3. The Hall–Kier alpha value is -2.01. The first-order chi connectivity index (χ1) is 9.51. The molecule has 0 N–H and O–H groups in total. The SMILES string of the molecule is COc1ccc2c(c1)c(CCN(C)C)cn2OC(C)=O. The summed E-state index contributed by atoms with van der Waals surface area (Å²) in [7, 11) is 5.71. The maximum Gasteiger partial charge on any atom is 0.329 e. The topological polar surface area (TPSA) is 43.7 Å². The van der Waals surface area contributed by atoms with Crippen LogP contribution in [0, 0.1) is 0 Å². The fourth-order valence-electron chi connectivity index (χ4n) is 2.13. The molecule has 0 atom stereocenters. The van der Waals surface area contributed by atoms with Crippen molar-refractivity contribution in [1.82, 2.24) is 9.63 Å². The smallest absolute Gasteiger partial charge is 0.329 e. The lowest BCUT2D eigenvalue weighted by atomic mass is 10.1. The first-order valence-corrected chi connectivity index (χ1v) is 6.53. The molecular formula is C15H20N2O3. The number of benzene rings is 1. The Morgan fingerprint density at radius 2 is 2.10 bits per heavy atom. The molecule has 1 aromatic heterocycles. The number of hydrogen-bond donors (Lipinski definition) is 0. The lowest BCUT2D eigenvalue weighted by molar-refractivity contribution is -0.140. The van der Waals surface area contributed by atoms with Crippen molar-refractivity contribution in [2.24, 2.45) is 0 Å². The van der Waals surface area contributed by atoms with Gasteiger partial charge in [-0.25, -0.2) is 4.79 Å². The zero-order chi connectivity index (χ0) is 14.7. The summed E-state index contributed by atoms with van der Waals surface area (Å²) in [5.74, 6) is 0.459. The van der Waals surface area contributed by atoms with Crippen LogP contribution in [-0.2, 0) is 11.2 Å². The highest BCUT2D eigenvalue weighted by Gasteiger charge is 2.12. The fraction of sp³-hybridized carbons (Fsp3) is 0.400. The summed E-state index contributed by atoms with van der Waals surface area (Å²) in [6, 6.07) is 5.73. The number of methoxy groups -OCH3 is 1. The summed E-state index contributed by atoms with van der Waals surface area (Å²) in [6.45, 7) is 2.32. The van der Waals surface area contributed by atoms with E-state index in [4.69, 9.17) is 9.57 Å². The van der Waals surface area contributed by atoms with Gasteiger partial charge in [-0.1, -0.05) is 0 Å². The predicted molar refractivity (Wildman–Crippen MR) is 78.0 cm³/mol. The van der Waals surface area contributed by atoms with Crippen LogP contribution in [0.25, 0.3) is 10.9 Å². The highest BCUT2D eigenvalue weighted by molar-refractivity contribution is 5.85. The van der Waals surface area contributed by atoms with Crippen molar-refractivity contribution >= 4 is 16.9 Å². The molecule has 0 bridgehead atoms. The summed E-state index contributed by atoms with van der Waals surface area (Å²) in [4.78, 5) is 18.5. The molecule has 20 heavy (non-hydrogen) atoms. The lowest BCUT2D eigenvalue weighted by Gasteiger charge is -2.08. The third-order valence-corrected chi connectivity index (χ3v) is 3.12. The maximum absolute atomic E-state index is 11.2. The van der Waals surface area contributed by atoms with E-state index < -0.39 is 0 Å². The van der Waals surface area contributed by atoms with E-state index in [1.54, 1.807) is 7.11 Å². The van der Waals surface area contributed by atoms with Crippen LogP contribution >= 0.6 is 0 Å². The van der Waals surface area contributed by atoms with Crippen LogP contribution < -0.4 is 9.57 Å². The minimum absolute atomic E-state index is 0.336. The van der Waals surface area contributed by atoms with E-state index in [0.717, 1.165) is 35.2 Å². The highest BCUT2D eigenvalue weighted by Crippen LogP contribution is 2.26. The van der Waals surface area contributed by atoms with Crippen molar-refractivity contribution < 1.29 is 14.4 Å². The molecule has 0 spiro atoms. The van der Waals surface area contributed by atoms with Crippen molar-refractivity contribution in [3.63, 3.8) is 0 Å². The van der Waals surface area contributed by atoms with Gasteiger partial charge in [0.05, 0.1) is 12.6 Å². The number of likely N-dealkylation sites (N-methyl/N-ethyl adjacent to an activating group) is 1. The van der Waals surface area contributed by atoms with E-state index in [1.807, 2.05) is 38.5 Å². The molecule has 2 aromatic rings. The summed E-state index contributed by atoms with van der Waals surface area (Å²) >= 11 is 0. The Morgan fingerprint density at radius 3 is 2.70 bits per heavy atom. The van der Waals surface area contributed by atoms with Crippen LogP contribution in [0.15, 0.2) is 24.4 Å². The number of fused-ring (bicyclic) bond motifs is 1. The van der Waals surface area contributed by atoms with Crippen LogP contribution in [0.4, 0.5) is 0 Å². The zero-order valence-electron chi connectivity index (χ0n) is 12.3. The molecule has 5 nitrogen and oxygen atoms in total. The van der Waals surface area contributed by atoms with Crippen molar-refractivity contribution in [2.45, 2.75) is 13.3 Å². The van der Waals surface area contributed by atoms with E-state index in [9.17, 15) is 4.79 Å². The predicted octanol–water partition coefficient (Wildman–Crippen LogP) is 1.73. The van der Waals surface area contributed by atoms with Gasteiger partial charge in [-0.15, -0.1) is 0 Å². The number of ether oxygens (including phenoxy) is 1. The molecule has 0 saturated carbocycles. The van der Waals surface area contributed by atoms with Crippen molar-refractivity contribution in [2.75, 3.05) is 27.7 Å². The van der Waals surface area contributed by atoms with E-state index in [-0.39, 0.29) is 5.97 Å². The molecule has 0 aliphatic carbocycles. The summed E-state index contributed by atoms with van der Waals surface area (Å²) in [5, 5.41) is 1.05. The van der Waals surface area contributed by atoms with Crippen LogP contribution in [-0.4, -0.2) is 43.3 Å². The minimum Gasteiger partial charge on any atom is -0.497 e. The molecule has 0 radical (unpaired) electrons. The summed E-state index contributed by atoms with van der Waals surface area (Å²) < 4.78 is 6.80. The number of rotatable bonds is 5. The molecule has 5 heteroatoms. The summed E-state index contributed by atoms with van der Waals surface area (Å²) in [5.41, 5.74) is 2.00. The van der Waals surface area contributed by atoms with E-state index in [0.29, 0.717) is 0 Å². The Kier molecular flexibility index (Phi) is 4.29. The molecule has 108 valence electrons. The number of hydrogen-bond acceptors (Lipinski definition) is 4. The Labute approximate surface area is 118 Å². The first-order valence-electron chi connectivity index (χ1n) is 6.53. The third-order valence-electron chi connectivity index (χ3n) is 3.12. The van der Waals surface area contributed by atoms with Gasteiger partial charge in [0, 0.05) is 25.1 Å². The van der Waals surface area contributed by atoms with Crippen LogP contribution in [0.2, 0.25) is 0 Å². The summed E-state index contributed by atoms with van der Waals surface area (Å²) in [6.07, 6.45) is 2.75. The van der Waals surface area contributed by atoms with Gasteiger partial charge in [-0.05, 0) is 44.3 Å². The standard InChI is InChI=1S/C15H20N2O3/c1-11(18)20-17-10-12(7-8-16(2)3)14-9-13(19-4)5-6-15(14)17/h5-6,9-10H,7-8H2,1-4H3. The number of carbonyl (C=O) groups excluding carboxylic acids is 1. The van der Waals surface area contributed by atoms with Gasteiger partial charge >= 0.3 is 5.97 Å². The second-order valence-corrected chi connectivity index (χ2v) is 5.00. The molecule has 0 saturated heterocycles. The second kappa shape index (κ2) is 5.96. The van der Waals surface area contributed by atoms with Gasteiger partial charge in [0.1, 0.15) is 5.75 Å². The van der Waals surface area contributed by atoms with Crippen LogP contribution in [0.3, 0.4) is 0 Å². The number of carbonyl (C=O) groups is 1. The van der Waals surface area contributed by atoms with Crippen molar-refractivity contribution in [3.05, 3.63) is 30.0 Å². The average molecular weight is 276 g/mol. The lowest BCUT2D eigenvalue weighted by Crippen LogP contribution is -2.16. The van der Waals surface area contributed by atoms with Gasteiger partial charge in [0.25, 0.3) is 0 Å². The van der Waals surface area contributed by atoms with Gasteiger partial charge in [0.15, 0.2) is 0 Å². The average Bonchev–Trinajstić information content (AvgIpc) is 2.73. The number of aromatic nitrogens is 1. The van der Waals surface area contributed by atoms with Gasteiger partial charge in [-0.2, -0.15) is 4.73 Å². The third kappa shape index (κ3) is 3.11. The van der Waals surface area contributed by atoms with Gasteiger partial charge in [-0.3, -0.25) is 0 Å². The fourth-order valence-corrected chi connectivity index (χ4v) is 2.13.